The van der Waals surface area contributed by atoms with E-state index in [0.29, 0.717) is 118 Å². The van der Waals surface area contributed by atoms with Crippen LogP contribution in [0.4, 0.5) is 31.5 Å². The summed E-state index contributed by atoms with van der Waals surface area (Å²) in [5, 5.41) is 11.7. The Labute approximate surface area is 633 Å². The number of rotatable bonds is 22. The molecule has 2 amide bonds. The Balaban J connectivity index is 0.000000192. The quantitative estimate of drug-likeness (QED) is 0.0488. The molecule has 0 bridgehead atoms. The number of sulfonamides is 2. The van der Waals surface area contributed by atoms with Gasteiger partial charge in [-0.2, -0.15) is 8.61 Å². The lowest BCUT2D eigenvalue weighted by Gasteiger charge is -2.36. The molecule has 2 aromatic heterocycles. The summed E-state index contributed by atoms with van der Waals surface area (Å²) in [5.74, 6) is -2.94. The third-order valence-electron chi connectivity index (χ3n) is 22.1. The Morgan fingerprint density at radius 3 is 1.22 bits per heavy atom. The van der Waals surface area contributed by atoms with E-state index in [9.17, 15) is 50.7 Å². The van der Waals surface area contributed by atoms with E-state index < -0.39 is 62.1 Å². The summed E-state index contributed by atoms with van der Waals surface area (Å²) in [6, 6.07) is 31.2. The molecule has 8 aromatic rings. The van der Waals surface area contributed by atoms with E-state index >= 15 is 8.78 Å². The van der Waals surface area contributed by atoms with Gasteiger partial charge in [0, 0.05) is 146 Å². The number of carbonyl (C=O) groups is 6. The molecule has 28 heteroatoms. The minimum absolute atomic E-state index is 0.0449. The van der Waals surface area contributed by atoms with Crippen molar-refractivity contribution in [3.8, 4) is 34.0 Å². The lowest BCUT2D eigenvalue weighted by molar-refractivity contribution is -0.141. The SMILES string of the molecule is COC(=O)Cn1c(-c2ccc(OCc3cc(N4CCCC4=O)ccc3N3CCN(S(C)(=O)=O)CC3)cc2F)c(C2CCCCC2)c2ccc(C(=O)OC)cc21.COC(=O)c1ccc2c(C3CCCCC3)c(-c3ccc(OCc4cc(N5CCCC5=O)ccc4N4CCN(S(C)(=O)=O)CC4)cc3F)n(CC(=O)O)c2c1. The van der Waals surface area contributed by atoms with Crippen molar-refractivity contribution in [2.75, 3.05) is 119 Å². The maximum atomic E-state index is 16.6. The summed E-state index contributed by atoms with van der Waals surface area (Å²) in [6.07, 6.45) is 14.8. The zero-order valence-corrected chi connectivity index (χ0v) is 63.7. The molecule has 6 aromatic carbocycles. The van der Waals surface area contributed by atoms with E-state index in [1.54, 1.807) is 67.5 Å². The Morgan fingerprint density at radius 1 is 0.468 bits per heavy atom. The van der Waals surface area contributed by atoms with Crippen molar-refractivity contribution in [1.29, 1.82) is 0 Å². The Morgan fingerprint density at radius 2 is 0.872 bits per heavy atom. The molecule has 109 heavy (non-hydrogen) atoms. The number of amides is 2. The van der Waals surface area contributed by atoms with Gasteiger partial charge in [0.05, 0.1) is 67.4 Å². The lowest BCUT2D eigenvalue weighted by atomic mass is 9.81. The third kappa shape index (κ3) is 16.8. The topological polar surface area (TPSA) is 266 Å². The highest BCUT2D eigenvalue weighted by molar-refractivity contribution is 7.88. The second kappa shape index (κ2) is 33.1. The maximum Gasteiger partial charge on any atom is 0.337 e. The molecule has 2 saturated carbocycles. The number of nitrogens with zero attached hydrogens (tertiary/aromatic N) is 8. The van der Waals surface area contributed by atoms with Gasteiger partial charge in [-0.1, -0.05) is 50.7 Å². The molecule has 6 fully saturated rings. The number of hydrogen-bond acceptors (Lipinski definition) is 17. The minimum Gasteiger partial charge on any atom is -0.489 e. The van der Waals surface area contributed by atoms with E-state index in [-0.39, 0.29) is 60.3 Å². The molecule has 0 atom stereocenters. The zero-order chi connectivity index (χ0) is 77.0. The fourth-order valence-corrected chi connectivity index (χ4v) is 18.3. The summed E-state index contributed by atoms with van der Waals surface area (Å²) in [6.45, 7) is 4.02. The van der Waals surface area contributed by atoms with Crippen LogP contribution in [0.15, 0.2) is 109 Å². The summed E-state index contributed by atoms with van der Waals surface area (Å²) >= 11 is 0. The van der Waals surface area contributed by atoms with E-state index in [1.807, 2.05) is 48.5 Å². The van der Waals surface area contributed by atoms with Gasteiger partial charge in [-0.25, -0.2) is 35.2 Å². The van der Waals surface area contributed by atoms with Crippen molar-refractivity contribution in [2.45, 2.75) is 128 Å². The van der Waals surface area contributed by atoms with Crippen LogP contribution in [0.2, 0.25) is 0 Å². The number of halogens is 2. The van der Waals surface area contributed by atoms with Crippen molar-refractivity contribution in [3.63, 3.8) is 0 Å². The number of benzene rings is 6. The van der Waals surface area contributed by atoms with Gasteiger partial charge in [0.15, 0.2) is 0 Å². The van der Waals surface area contributed by atoms with Gasteiger partial charge in [0.1, 0.15) is 49.4 Å². The predicted molar refractivity (Wildman–Crippen MR) is 411 cm³/mol. The number of aliphatic carboxylic acids is 1. The smallest absolute Gasteiger partial charge is 0.337 e. The Kier molecular flexibility index (Phi) is 23.5. The van der Waals surface area contributed by atoms with Crippen LogP contribution in [0.5, 0.6) is 11.5 Å². The highest BCUT2D eigenvalue weighted by atomic mass is 32.2. The zero-order valence-electron chi connectivity index (χ0n) is 62.1. The fourth-order valence-electron chi connectivity index (χ4n) is 16.7. The predicted octanol–water partition coefficient (Wildman–Crippen LogP) is 12.4. The molecule has 4 aliphatic heterocycles. The number of anilines is 4. The van der Waals surface area contributed by atoms with Crippen LogP contribution in [0.1, 0.15) is 145 Å². The summed E-state index contributed by atoms with van der Waals surface area (Å²) in [5.41, 5.74) is 9.88. The van der Waals surface area contributed by atoms with Gasteiger partial charge >= 0.3 is 23.9 Å². The van der Waals surface area contributed by atoms with Crippen LogP contribution in [-0.2, 0) is 79.7 Å². The van der Waals surface area contributed by atoms with Gasteiger partial charge in [-0.15, -0.1) is 0 Å². The van der Waals surface area contributed by atoms with Crippen LogP contribution in [0.25, 0.3) is 44.3 Å². The van der Waals surface area contributed by atoms with Crippen LogP contribution in [0.3, 0.4) is 0 Å². The molecule has 24 nitrogen and oxygen atoms in total. The standard InChI is InChI=1S/C41H47FN4O8S.C40H45FN4O8S/c1-52-38(48)25-46-36-23-28(41(49)53-2)11-14-33(36)39(27-8-5-4-6-9-27)40(46)32-15-13-31(24-34(32)42)54-26-29-22-30(45-17-7-10-37(45)47)12-16-35(29)43-18-20-44(21-19-43)55(3,50)51;1-52-40(49)27-10-13-32-35(22-27)45(24-37(47)48)39(38(32)26-7-4-3-5-8-26)31-14-12-30(23-33(31)41)53-25-28-21-29(44-16-6-9-36(44)46)11-15-34(28)42-17-19-43(20-18-42)54(2,50)51/h11-16,22-24,27H,4-10,17-21,25-26H2,1-3H3;10-15,21-23,26H,3-9,16-20,24-25H2,1-2H3,(H,47,48). The number of carboxylic acids is 1. The van der Waals surface area contributed by atoms with E-state index in [2.05, 4.69) is 9.80 Å². The Hall–Kier alpha value is -9.90. The first-order chi connectivity index (χ1) is 52.4. The molecule has 0 unspecified atom stereocenters. The highest BCUT2D eigenvalue weighted by Gasteiger charge is 2.35. The van der Waals surface area contributed by atoms with Gasteiger partial charge in [-0.05, 0) is 146 Å². The van der Waals surface area contributed by atoms with E-state index in [0.717, 1.165) is 133 Å². The molecular weight excluding hydrogens is 1440 g/mol. The fraction of sp³-hybridized carbons (Fsp3) is 0.432. The maximum absolute atomic E-state index is 16.6. The molecule has 6 aliphatic rings. The van der Waals surface area contributed by atoms with Gasteiger partial charge in [-0.3, -0.25) is 19.2 Å². The average Bonchev–Trinajstić information content (AvgIpc) is 1.59. The van der Waals surface area contributed by atoms with Crippen molar-refractivity contribution >= 4 is 100 Å². The average molecular weight is 1540 g/mol. The number of ether oxygens (including phenoxy) is 5. The Bertz CT molecular complexity index is 5050. The van der Waals surface area contributed by atoms with Gasteiger partial charge < -0.3 is 57.5 Å². The molecule has 6 heterocycles. The number of esters is 3. The van der Waals surface area contributed by atoms with Crippen LogP contribution >= 0.6 is 0 Å². The van der Waals surface area contributed by atoms with Crippen molar-refractivity contribution < 1.29 is 83.2 Å². The van der Waals surface area contributed by atoms with E-state index in [4.69, 9.17) is 23.7 Å². The molecule has 0 radical (unpaired) electrons. The lowest BCUT2D eigenvalue weighted by Crippen LogP contribution is -2.48. The number of piperazine rings is 2. The highest BCUT2D eigenvalue weighted by Crippen LogP contribution is 2.48. The number of hydrogen-bond donors (Lipinski definition) is 1. The van der Waals surface area contributed by atoms with E-state index in [1.165, 1.54) is 54.6 Å². The number of methoxy groups -OCH3 is 3. The molecule has 4 saturated heterocycles. The molecule has 14 rings (SSSR count). The second-order valence-corrected chi connectivity index (χ2v) is 32.8. The number of carbonyl (C=O) groups excluding carboxylic acids is 5. The molecule has 578 valence electrons. The summed E-state index contributed by atoms with van der Waals surface area (Å²) < 4.78 is 116. The first kappa shape index (κ1) is 77.3. The molecule has 2 aliphatic carbocycles. The normalized spacial score (nSPS) is 17.3. The largest absolute Gasteiger partial charge is 0.489 e. The second-order valence-electron chi connectivity index (χ2n) is 28.9. The molecule has 0 spiro atoms. The van der Waals surface area contributed by atoms with Gasteiger partial charge in [0.2, 0.25) is 31.9 Å². The van der Waals surface area contributed by atoms with Crippen LogP contribution in [0, 0.1) is 11.6 Å². The van der Waals surface area contributed by atoms with Gasteiger partial charge in [0.25, 0.3) is 0 Å². The van der Waals surface area contributed by atoms with Crippen molar-refractivity contribution in [3.05, 3.63) is 154 Å². The first-order valence-corrected chi connectivity index (χ1v) is 41.0. The van der Waals surface area contributed by atoms with Crippen LogP contribution < -0.4 is 29.1 Å². The molecule has 1 N–H and O–H groups in total. The number of fused-ring (bicyclic) bond motifs is 2. The number of aromatic nitrogens is 2. The minimum atomic E-state index is -3.32. The summed E-state index contributed by atoms with van der Waals surface area (Å²) in [4.78, 5) is 83.2. The van der Waals surface area contributed by atoms with Crippen LogP contribution in [-0.4, -0.2) is 175 Å². The third-order valence-corrected chi connectivity index (χ3v) is 24.7. The number of carboxylic acid groups (broad SMARTS) is 1. The molecular formula is C81H92F2N8O16S2. The van der Waals surface area contributed by atoms with Crippen molar-refractivity contribution in [1.82, 2.24) is 17.7 Å². The summed E-state index contributed by atoms with van der Waals surface area (Å²) in [7, 11) is -2.73. The first-order valence-electron chi connectivity index (χ1n) is 37.3. The van der Waals surface area contributed by atoms with Crippen molar-refractivity contribution in [2.24, 2.45) is 0 Å². The monoisotopic (exact) mass is 1530 g/mol.